The highest BCUT2D eigenvalue weighted by molar-refractivity contribution is 8.15. The Kier molecular flexibility index (Phi) is 6.32. The topological polar surface area (TPSA) is 93.7 Å². The summed E-state index contributed by atoms with van der Waals surface area (Å²) in [6.45, 7) is 5.96. The molecule has 2 atom stereocenters. The third-order valence-corrected chi connectivity index (χ3v) is 5.04. The zero-order valence-electron chi connectivity index (χ0n) is 16.6. The van der Waals surface area contributed by atoms with Gasteiger partial charge in [-0.05, 0) is 68.3 Å². The van der Waals surface area contributed by atoms with Crippen molar-refractivity contribution in [1.29, 1.82) is 0 Å². The van der Waals surface area contributed by atoms with Crippen LogP contribution in [0.4, 0.5) is 9.59 Å². The first-order valence-electron chi connectivity index (χ1n) is 9.33. The molecular formula is C21H24N2O5S. The number of imide groups is 1. The second-order valence-corrected chi connectivity index (χ2v) is 8.82. The normalized spacial score (nSPS) is 22.5. The molecular weight excluding hydrogens is 392 g/mol. The molecule has 2 N–H and O–H groups in total. The smallest absolute Gasteiger partial charge is 0.407 e. The Balaban J connectivity index is 1.48. The van der Waals surface area contributed by atoms with Crippen molar-refractivity contribution in [2.75, 3.05) is 6.54 Å². The number of rotatable bonds is 5. The highest BCUT2D eigenvalue weighted by Gasteiger charge is 2.31. The molecule has 0 saturated carbocycles. The molecule has 154 valence electrons. The third kappa shape index (κ3) is 6.12. The van der Waals surface area contributed by atoms with Crippen LogP contribution in [0.5, 0.6) is 0 Å². The molecule has 1 saturated heterocycles. The fourth-order valence-corrected chi connectivity index (χ4v) is 3.57. The Hall–Kier alpha value is -2.74. The molecule has 29 heavy (non-hydrogen) atoms. The number of carbonyl (C=O) groups excluding carboxylic acids is 3. The molecule has 0 bridgehead atoms. The molecule has 7 nitrogen and oxygen atoms in total. The average molecular weight is 416 g/mol. The quantitative estimate of drug-likeness (QED) is 0.762. The summed E-state index contributed by atoms with van der Waals surface area (Å²) < 4.78 is 11.1. The van der Waals surface area contributed by atoms with Gasteiger partial charge in [0.25, 0.3) is 5.24 Å². The van der Waals surface area contributed by atoms with Gasteiger partial charge < -0.3 is 14.8 Å². The van der Waals surface area contributed by atoms with Gasteiger partial charge in [0.15, 0.2) is 0 Å². The van der Waals surface area contributed by atoms with Crippen LogP contribution in [0.2, 0.25) is 0 Å². The molecule has 2 aliphatic rings. The van der Waals surface area contributed by atoms with E-state index in [1.54, 1.807) is 12.2 Å². The summed E-state index contributed by atoms with van der Waals surface area (Å²) in [4.78, 5) is 34.6. The van der Waals surface area contributed by atoms with Gasteiger partial charge in [-0.3, -0.25) is 14.9 Å². The predicted molar refractivity (Wildman–Crippen MR) is 110 cm³/mol. The first-order valence-corrected chi connectivity index (χ1v) is 10.2. The molecule has 3 rings (SSSR count). The Labute approximate surface area is 173 Å². The molecule has 2 aliphatic heterocycles. The molecule has 1 aromatic carbocycles. The van der Waals surface area contributed by atoms with E-state index in [-0.39, 0.29) is 17.3 Å². The lowest BCUT2D eigenvalue weighted by atomic mass is 10.1. The van der Waals surface area contributed by atoms with E-state index in [1.807, 2.05) is 51.1 Å². The number of nitrogens with one attached hydrogen (secondary N) is 2. The Morgan fingerprint density at radius 2 is 2.00 bits per heavy atom. The monoisotopic (exact) mass is 416 g/mol. The number of carbonyl (C=O) groups is 3. The number of amides is 3. The van der Waals surface area contributed by atoms with Crippen molar-refractivity contribution in [3.8, 4) is 0 Å². The van der Waals surface area contributed by atoms with Crippen LogP contribution in [-0.4, -0.2) is 34.6 Å². The van der Waals surface area contributed by atoms with Gasteiger partial charge in [-0.1, -0.05) is 24.3 Å². The van der Waals surface area contributed by atoms with E-state index in [4.69, 9.17) is 9.47 Å². The van der Waals surface area contributed by atoms with Crippen LogP contribution >= 0.6 is 11.8 Å². The summed E-state index contributed by atoms with van der Waals surface area (Å²) in [6, 6.07) is 7.93. The van der Waals surface area contributed by atoms with Gasteiger partial charge in [0.2, 0.25) is 5.91 Å². The van der Waals surface area contributed by atoms with Crippen molar-refractivity contribution < 1.29 is 23.9 Å². The Morgan fingerprint density at radius 3 is 2.62 bits per heavy atom. The second kappa shape index (κ2) is 8.73. The Bertz CT molecular complexity index is 855. The minimum absolute atomic E-state index is 0.236. The maximum atomic E-state index is 11.7. The molecule has 2 heterocycles. The lowest BCUT2D eigenvalue weighted by Gasteiger charge is -2.19. The summed E-state index contributed by atoms with van der Waals surface area (Å²) in [5.41, 5.74) is 1.55. The summed E-state index contributed by atoms with van der Waals surface area (Å²) in [5.74, 6) is 0.250. The molecule has 0 radical (unpaired) electrons. The van der Waals surface area contributed by atoms with Crippen LogP contribution < -0.4 is 10.6 Å². The average Bonchev–Trinajstić information content (AvgIpc) is 3.20. The van der Waals surface area contributed by atoms with Gasteiger partial charge in [0.1, 0.15) is 22.7 Å². The third-order valence-electron chi connectivity index (χ3n) is 4.12. The zero-order valence-corrected chi connectivity index (χ0v) is 17.4. The summed E-state index contributed by atoms with van der Waals surface area (Å²) >= 11 is 0.943. The fourth-order valence-electron chi connectivity index (χ4n) is 2.81. The minimum atomic E-state index is -0.555. The van der Waals surface area contributed by atoms with Crippen LogP contribution in [0.1, 0.15) is 38.0 Å². The van der Waals surface area contributed by atoms with E-state index in [0.717, 1.165) is 22.9 Å². The van der Waals surface area contributed by atoms with Crippen molar-refractivity contribution in [3.05, 3.63) is 59.4 Å². The Morgan fingerprint density at radius 1 is 1.28 bits per heavy atom. The van der Waals surface area contributed by atoms with Crippen LogP contribution in [0.25, 0.3) is 0 Å². The summed E-state index contributed by atoms with van der Waals surface area (Å²) in [6.07, 6.45) is 5.39. The molecule has 0 spiro atoms. The van der Waals surface area contributed by atoms with E-state index in [2.05, 4.69) is 10.6 Å². The van der Waals surface area contributed by atoms with Crippen molar-refractivity contribution in [2.24, 2.45) is 0 Å². The van der Waals surface area contributed by atoms with Crippen molar-refractivity contribution >= 4 is 29.0 Å². The zero-order chi connectivity index (χ0) is 21.0. The van der Waals surface area contributed by atoms with Gasteiger partial charge in [0, 0.05) is 6.54 Å². The standard InChI is InChI=1S/C21H24N2O5S/c1-21(2,3)28-19(25)22-11-10-13-4-6-14(7-5-13)16-9-8-15(27-16)12-17-18(24)23-20(26)29-17/h4-9,12,16-17H,10-11H2,1-3H3,(H,22,25)(H,23,24,26). The molecule has 1 fully saturated rings. The van der Waals surface area contributed by atoms with Crippen molar-refractivity contribution in [2.45, 2.75) is 44.1 Å². The number of benzene rings is 1. The van der Waals surface area contributed by atoms with E-state index in [9.17, 15) is 14.4 Å². The molecule has 1 aromatic rings. The SMILES string of the molecule is CC(C)(C)OC(=O)NCCc1ccc(C2C=CC(=CC3SC(=O)NC3=O)O2)cc1. The number of thioether (sulfide) groups is 1. The molecule has 2 unspecified atom stereocenters. The lowest BCUT2D eigenvalue weighted by Crippen LogP contribution is -2.33. The van der Waals surface area contributed by atoms with Crippen molar-refractivity contribution in [3.63, 3.8) is 0 Å². The number of hydrogen-bond acceptors (Lipinski definition) is 6. The largest absolute Gasteiger partial charge is 0.482 e. The van der Waals surface area contributed by atoms with Crippen LogP contribution in [0.3, 0.4) is 0 Å². The maximum absolute atomic E-state index is 11.7. The van der Waals surface area contributed by atoms with Gasteiger partial charge in [0.05, 0.1) is 0 Å². The second-order valence-electron chi connectivity index (χ2n) is 7.70. The summed E-state index contributed by atoms with van der Waals surface area (Å²) in [5, 5.41) is 4.10. The highest BCUT2D eigenvalue weighted by Crippen LogP contribution is 2.31. The minimum Gasteiger partial charge on any atom is -0.482 e. The fraction of sp³-hybridized carbons (Fsp3) is 0.381. The number of ether oxygens (including phenoxy) is 2. The van der Waals surface area contributed by atoms with Crippen molar-refractivity contribution in [1.82, 2.24) is 10.6 Å². The van der Waals surface area contributed by atoms with Crippen LogP contribution in [0.15, 0.2) is 48.3 Å². The first kappa shape index (κ1) is 21.0. The van der Waals surface area contributed by atoms with E-state index < -0.39 is 16.9 Å². The maximum Gasteiger partial charge on any atom is 0.407 e. The van der Waals surface area contributed by atoms with Crippen LogP contribution in [-0.2, 0) is 20.7 Å². The van der Waals surface area contributed by atoms with E-state index in [1.165, 1.54) is 0 Å². The molecule has 8 heteroatoms. The lowest BCUT2D eigenvalue weighted by molar-refractivity contribution is -0.118. The predicted octanol–water partition coefficient (Wildman–Crippen LogP) is 3.62. The van der Waals surface area contributed by atoms with Gasteiger partial charge >= 0.3 is 6.09 Å². The molecule has 3 amide bonds. The molecule has 0 aromatic heterocycles. The number of hydrogen-bond donors (Lipinski definition) is 2. The highest BCUT2D eigenvalue weighted by atomic mass is 32.2. The number of alkyl carbamates (subject to hydrolysis) is 1. The van der Waals surface area contributed by atoms with E-state index >= 15 is 0 Å². The van der Waals surface area contributed by atoms with Crippen LogP contribution in [0, 0.1) is 0 Å². The first-order chi connectivity index (χ1) is 13.7. The van der Waals surface area contributed by atoms with Gasteiger partial charge in [-0.15, -0.1) is 0 Å². The van der Waals surface area contributed by atoms with E-state index in [0.29, 0.717) is 18.7 Å². The van der Waals surface area contributed by atoms with Gasteiger partial charge in [-0.2, -0.15) is 0 Å². The molecule has 0 aliphatic carbocycles. The number of allylic oxidation sites excluding steroid dienone is 1. The van der Waals surface area contributed by atoms with Gasteiger partial charge in [-0.25, -0.2) is 4.79 Å². The summed E-state index contributed by atoms with van der Waals surface area (Å²) in [7, 11) is 0.